The first-order valence-corrected chi connectivity index (χ1v) is 10.2. The average molecular weight is 427 g/mol. The third kappa shape index (κ3) is 4.74. The number of ether oxygens (including phenoxy) is 1. The van der Waals surface area contributed by atoms with E-state index in [1.165, 1.54) is 0 Å². The number of methoxy groups -OCH3 is 1. The van der Waals surface area contributed by atoms with Crippen molar-refractivity contribution in [3.8, 4) is 17.2 Å². The molecule has 4 rings (SSSR count). The number of anilines is 1. The second kappa shape index (κ2) is 9.17. The zero-order valence-corrected chi connectivity index (χ0v) is 17.4. The van der Waals surface area contributed by atoms with Gasteiger partial charge in [-0.25, -0.2) is 0 Å². The molecular formula is C22H23ClN4O3. The Morgan fingerprint density at radius 1 is 1.20 bits per heavy atom. The lowest BCUT2D eigenvalue weighted by Crippen LogP contribution is -2.40. The summed E-state index contributed by atoms with van der Waals surface area (Å²) in [6.45, 7) is 1.87. The number of amides is 1. The van der Waals surface area contributed by atoms with Crippen molar-refractivity contribution in [2.24, 2.45) is 5.92 Å². The van der Waals surface area contributed by atoms with Crippen LogP contribution in [0.25, 0.3) is 11.5 Å². The third-order valence-corrected chi connectivity index (χ3v) is 5.48. The summed E-state index contributed by atoms with van der Waals surface area (Å²) in [5.41, 5.74) is 1.83. The predicted molar refractivity (Wildman–Crippen MR) is 115 cm³/mol. The highest BCUT2D eigenvalue weighted by Gasteiger charge is 2.27. The van der Waals surface area contributed by atoms with Gasteiger partial charge in [-0.2, -0.15) is 0 Å². The van der Waals surface area contributed by atoms with Gasteiger partial charge in [-0.15, -0.1) is 5.10 Å². The Kier molecular flexibility index (Phi) is 6.18. The van der Waals surface area contributed by atoms with Gasteiger partial charge in [0.15, 0.2) is 0 Å². The molecule has 7 nitrogen and oxygen atoms in total. The Morgan fingerprint density at radius 2 is 1.97 bits per heavy atom. The van der Waals surface area contributed by atoms with Crippen LogP contribution in [0.5, 0.6) is 5.75 Å². The molecule has 156 valence electrons. The molecule has 0 bridgehead atoms. The molecule has 0 atom stereocenters. The molecule has 0 spiro atoms. The molecule has 0 unspecified atom stereocenters. The number of rotatable bonds is 6. The van der Waals surface area contributed by atoms with Gasteiger partial charge in [0.05, 0.1) is 7.11 Å². The van der Waals surface area contributed by atoms with Crippen molar-refractivity contribution in [3.05, 3.63) is 59.1 Å². The lowest BCUT2D eigenvalue weighted by molar-refractivity contribution is -0.125. The van der Waals surface area contributed by atoms with Crippen LogP contribution in [0, 0.1) is 5.92 Å². The minimum atomic E-state index is -0.0237. The summed E-state index contributed by atoms with van der Waals surface area (Å²) in [5.74, 6) is 1.28. The third-order valence-electron chi connectivity index (χ3n) is 5.24. The largest absolute Gasteiger partial charge is 0.497 e. The van der Waals surface area contributed by atoms with Crippen LogP contribution in [0.15, 0.2) is 52.9 Å². The van der Waals surface area contributed by atoms with Crippen LogP contribution in [-0.2, 0) is 11.3 Å². The minimum Gasteiger partial charge on any atom is -0.497 e. The molecule has 1 aliphatic heterocycles. The summed E-state index contributed by atoms with van der Waals surface area (Å²) >= 11 is 5.99. The topological polar surface area (TPSA) is 80.5 Å². The lowest BCUT2D eigenvalue weighted by Gasteiger charge is -2.29. The fourth-order valence-corrected chi connectivity index (χ4v) is 3.72. The minimum absolute atomic E-state index is 0.0237. The first-order valence-electron chi connectivity index (χ1n) is 9.87. The van der Waals surface area contributed by atoms with E-state index in [-0.39, 0.29) is 11.8 Å². The number of piperidine rings is 1. The van der Waals surface area contributed by atoms with Crippen molar-refractivity contribution in [2.45, 2.75) is 19.4 Å². The molecule has 0 aliphatic carbocycles. The summed E-state index contributed by atoms with van der Waals surface area (Å²) in [4.78, 5) is 14.5. The number of hydrogen-bond acceptors (Lipinski definition) is 6. The average Bonchev–Trinajstić information content (AvgIpc) is 3.28. The van der Waals surface area contributed by atoms with Crippen molar-refractivity contribution in [2.75, 3.05) is 25.1 Å². The number of nitrogens with one attached hydrogen (secondary N) is 1. The molecule has 1 fully saturated rings. The van der Waals surface area contributed by atoms with Crippen LogP contribution < -0.4 is 15.0 Å². The van der Waals surface area contributed by atoms with Gasteiger partial charge >= 0.3 is 6.01 Å². The smallest absolute Gasteiger partial charge is 0.318 e. The van der Waals surface area contributed by atoms with E-state index in [1.807, 2.05) is 53.4 Å². The highest BCUT2D eigenvalue weighted by molar-refractivity contribution is 6.30. The van der Waals surface area contributed by atoms with Gasteiger partial charge in [-0.3, -0.25) is 4.79 Å². The number of hydrogen-bond donors (Lipinski definition) is 1. The van der Waals surface area contributed by atoms with E-state index < -0.39 is 0 Å². The highest BCUT2D eigenvalue weighted by atomic mass is 35.5. The van der Waals surface area contributed by atoms with Gasteiger partial charge in [-0.05, 0) is 54.8 Å². The van der Waals surface area contributed by atoms with E-state index in [1.54, 1.807) is 7.11 Å². The molecular weight excluding hydrogens is 404 g/mol. The van der Waals surface area contributed by atoms with Gasteiger partial charge in [-0.1, -0.05) is 28.8 Å². The Hall–Kier alpha value is -3.06. The molecule has 1 N–H and O–H groups in total. The van der Waals surface area contributed by atoms with Crippen LogP contribution >= 0.6 is 11.6 Å². The second-order valence-electron chi connectivity index (χ2n) is 7.23. The standard InChI is InChI=1S/C22H23ClN4O3/c1-29-19-7-5-17(6-8-19)21-25-26-22(30-21)27-11-9-16(10-12-27)20(28)24-14-15-3-2-4-18(23)13-15/h2-8,13,16H,9-12,14H2,1H3,(H,24,28). The number of benzene rings is 2. The van der Waals surface area contributed by atoms with Gasteiger partial charge in [0, 0.05) is 36.1 Å². The van der Waals surface area contributed by atoms with Crippen molar-refractivity contribution in [1.29, 1.82) is 0 Å². The molecule has 0 radical (unpaired) electrons. The number of aromatic nitrogens is 2. The molecule has 3 aromatic rings. The zero-order chi connectivity index (χ0) is 20.9. The zero-order valence-electron chi connectivity index (χ0n) is 16.7. The van der Waals surface area contributed by atoms with Crippen molar-refractivity contribution < 1.29 is 13.9 Å². The molecule has 8 heteroatoms. The maximum Gasteiger partial charge on any atom is 0.318 e. The normalized spacial score (nSPS) is 14.5. The molecule has 2 heterocycles. The molecule has 1 aliphatic rings. The summed E-state index contributed by atoms with van der Waals surface area (Å²) < 4.78 is 11.0. The lowest BCUT2D eigenvalue weighted by atomic mass is 9.96. The molecule has 1 saturated heterocycles. The Morgan fingerprint density at radius 3 is 2.67 bits per heavy atom. The molecule has 30 heavy (non-hydrogen) atoms. The number of nitrogens with zero attached hydrogens (tertiary/aromatic N) is 3. The second-order valence-corrected chi connectivity index (χ2v) is 7.66. The molecule has 1 aromatic heterocycles. The summed E-state index contributed by atoms with van der Waals surface area (Å²) in [6, 6.07) is 15.5. The van der Waals surface area contributed by atoms with Gasteiger partial charge in [0.1, 0.15) is 5.75 Å². The van der Waals surface area contributed by atoms with Crippen LogP contribution in [0.2, 0.25) is 5.02 Å². The fraction of sp³-hybridized carbons (Fsp3) is 0.318. The van der Waals surface area contributed by atoms with Crippen molar-refractivity contribution >= 4 is 23.5 Å². The first kappa shape index (κ1) is 20.2. The first-order chi connectivity index (χ1) is 14.6. The SMILES string of the molecule is COc1ccc(-c2nnc(N3CCC(C(=O)NCc4cccc(Cl)c4)CC3)o2)cc1. The van der Waals surface area contributed by atoms with E-state index in [4.69, 9.17) is 20.8 Å². The predicted octanol–water partition coefficient (Wildman–Crippen LogP) is 3.93. The summed E-state index contributed by atoms with van der Waals surface area (Å²) in [5, 5.41) is 12.0. The van der Waals surface area contributed by atoms with E-state index in [9.17, 15) is 4.79 Å². The quantitative estimate of drug-likeness (QED) is 0.643. The molecule has 1 amide bonds. The number of halogens is 1. The highest BCUT2D eigenvalue weighted by Crippen LogP contribution is 2.27. The van der Waals surface area contributed by atoms with E-state index in [0.29, 0.717) is 36.6 Å². The number of carbonyl (C=O) groups is 1. The summed E-state index contributed by atoms with van der Waals surface area (Å²) in [7, 11) is 1.63. The van der Waals surface area contributed by atoms with Crippen molar-refractivity contribution in [1.82, 2.24) is 15.5 Å². The Bertz CT molecular complexity index is 998. The molecule has 0 saturated carbocycles. The van der Waals surface area contributed by atoms with Gasteiger partial charge in [0.25, 0.3) is 0 Å². The monoisotopic (exact) mass is 426 g/mol. The summed E-state index contributed by atoms with van der Waals surface area (Å²) in [6.07, 6.45) is 1.48. The van der Waals surface area contributed by atoms with E-state index >= 15 is 0 Å². The van der Waals surface area contributed by atoms with Crippen LogP contribution in [0.3, 0.4) is 0 Å². The Labute approximate surface area is 180 Å². The van der Waals surface area contributed by atoms with Crippen molar-refractivity contribution in [3.63, 3.8) is 0 Å². The fourth-order valence-electron chi connectivity index (χ4n) is 3.51. The van der Waals surface area contributed by atoms with E-state index in [2.05, 4.69) is 15.5 Å². The van der Waals surface area contributed by atoms with Crippen LogP contribution in [0.4, 0.5) is 6.01 Å². The van der Waals surface area contributed by atoms with Gasteiger partial charge < -0.3 is 19.4 Å². The molecule has 2 aromatic carbocycles. The van der Waals surface area contributed by atoms with Gasteiger partial charge in [0.2, 0.25) is 11.8 Å². The van der Waals surface area contributed by atoms with E-state index in [0.717, 1.165) is 29.7 Å². The van der Waals surface area contributed by atoms with Crippen LogP contribution in [0.1, 0.15) is 18.4 Å². The maximum absolute atomic E-state index is 12.5. The maximum atomic E-state index is 12.5. The Balaban J connectivity index is 1.30. The van der Waals surface area contributed by atoms with Crippen LogP contribution in [-0.4, -0.2) is 36.3 Å². The number of carbonyl (C=O) groups excluding carboxylic acids is 1.